The van der Waals surface area contributed by atoms with Gasteiger partial charge in [-0.05, 0) is 25.7 Å². The molecule has 2 amide bonds. The molecule has 2 fully saturated rings. The first-order chi connectivity index (χ1) is 17.8. The minimum absolute atomic E-state index is 0.0794. The highest BCUT2D eigenvalue weighted by molar-refractivity contribution is 14.1. The number of methoxy groups -OCH3 is 1. The number of ether oxygens (including phenoxy) is 4. The van der Waals surface area contributed by atoms with E-state index in [1.54, 1.807) is 7.11 Å². The summed E-state index contributed by atoms with van der Waals surface area (Å²) in [4.78, 5) is 23.6. The maximum absolute atomic E-state index is 12.2. The van der Waals surface area contributed by atoms with Crippen LogP contribution in [0.5, 0.6) is 0 Å². The third-order valence-electron chi connectivity index (χ3n) is 6.33. The fraction of sp³-hybridized carbons (Fsp3) is 0.909. The second-order valence-electron chi connectivity index (χ2n) is 9.00. The van der Waals surface area contributed by atoms with E-state index in [0.29, 0.717) is 38.8 Å². The van der Waals surface area contributed by atoms with E-state index in [2.05, 4.69) is 10.6 Å². The van der Waals surface area contributed by atoms with Crippen molar-refractivity contribution in [2.24, 2.45) is 0 Å². The average Bonchev–Trinajstić information content (AvgIpc) is 3.21. The molecule has 5 unspecified atom stereocenters. The normalized spacial score (nSPS) is 33.9. The van der Waals surface area contributed by atoms with E-state index in [4.69, 9.17) is 25.1 Å². The SMILES string of the molecule is CO[C@@H]1[C@H](OI)[C@@H](COI)O[C@H]1CCCNC(=O)CCCCOC1OC(CO)C(O)C(O)C1NC(C)=O. The number of aliphatic hydroxyl groups is 3. The van der Waals surface area contributed by atoms with E-state index >= 15 is 0 Å². The van der Waals surface area contributed by atoms with Crippen LogP contribution in [0.4, 0.5) is 0 Å². The van der Waals surface area contributed by atoms with Gasteiger partial charge in [0.2, 0.25) is 11.8 Å². The Morgan fingerprint density at radius 1 is 1.00 bits per heavy atom. The topological polar surface area (TPSA) is 174 Å². The van der Waals surface area contributed by atoms with Crippen LogP contribution in [0.3, 0.4) is 0 Å². The van der Waals surface area contributed by atoms with Crippen LogP contribution in [0, 0.1) is 0 Å². The zero-order chi connectivity index (χ0) is 27.4. The van der Waals surface area contributed by atoms with Crippen molar-refractivity contribution in [3.63, 3.8) is 0 Å². The van der Waals surface area contributed by atoms with Crippen molar-refractivity contribution in [3.8, 4) is 0 Å². The van der Waals surface area contributed by atoms with Gasteiger partial charge in [-0.3, -0.25) is 9.59 Å². The fourth-order valence-corrected chi connectivity index (χ4v) is 5.42. The number of carbonyl (C=O) groups excluding carboxylic acids is 2. The molecule has 0 bridgehead atoms. The maximum Gasteiger partial charge on any atom is 0.219 e. The summed E-state index contributed by atoms with van der Waals surface area (Å²) < 4.78 is 33.4. The van der Waals surface area contributed by atoms with Gasteiger partial charge in [-0.25, -0.2) is 0 Å². The van der Waals surface area contributed by atoms with E-state index in [1.807, 2.05) is 46.0 Å². The van der Waals surface area contributed by atoms with E-state index < -0.39 is 43.2 Å². The maximum atomic E-state index is 12.2. The van der Waals surface area contributed by atoms with Crippen LogP contribution in [0.2, 0.25) is 0 Å². The summed E-state index contributed by atoms with van der Waals surface area (Å²) in [7, 11) is 1.62. The second-order valence-corrected chi connectivity index (χ2v) is 10.1. The largest absolute Gasteiger partial charge is 0.394 e. The Hall–Kier alpha value is 0.0400. The van der Waals surface area contributed by atoms with Gasteiger partial charge in [0, 0.05) is 33.6 Å². The van der Waals surface area contributed by atoms with Crippen LogP contribution in [0.15, 0.2) is 0 Å². The van der Waals surface area contributed by atoms with Gasteiger partial charge >= 0.3 is 0 Å². The first-order valence-corrected chi connectivity index (χ1v) is 14.0. The lowest BCUT2D eigenvalue weighted by molar-refractivity contribution is -0.270. The van der Waals surface area contributed by atoms with Crippen LogP contribution in [-0.4, -0.2) is 116 Å². The zero-order valence-electron chi connectivity index (χ0n) is 20.9. The minimum Gasteiger partial charge on any atom is -0.394 e. The molecule has 2 heterocycles. The van der Waals surface area contributed by atoms with Gasteiger partial charge < -0.3 is 51.0 Å². The highest BCUT2D eigenvalue weighted by atomic mass is 127. The standard InChI is InChI=1S/C22H38I2N2O11/c1-12(28)26-17-19(31)18(30)14(10-27)36-22(17)33-9-4-3-7-16(29)25-8-5-6-13-20(32-2)21(37-24)15(35-13)11-34-23/h13-15,17-22,27,30-31H,3-11H2,1-2H3,(H,25,29)(H,26,28)/t13-,14?,15+,17?,18?,19?,20-,21+,22?/m0/s1. The van der Waals surface area contributed by atoms with Crippen molar-refractivity contribution in [2.75, 3.05) is 33.5 Å². The molecule has 2 aliphatic heterocycles. The molecule has 9 atom stereocenters. The molecule has 0 radical (unpaired) electrons. The second kappa shape index (κ2) is 17.7. The zero-order valence-corrected chi connectivity index (χ0v) is 25.2. The summed E-state index contributed by atoms with van der Waals surface area (Å²) in [6.07, 6.45) is -2.77. The number of halogens is 2. The summed E-state index contributed by atoms with van der Waals surface area (Å²) in [5.74, 6) is -0.498. The summed E-state index contributed by atoms with van der Waals surface area (Å²) in [5.41, 5.74) is 0. The Labute approximate surface area is 245 Å². The van der Waals surface area contributed by atoms with Crippen molar-refractivity contribution in [1.82, 2.24) is 10.6 Å². The van der Waals surface area contributed by atoms with Gasteiger partial charge in [-0.2, -0.15) is 0 Å². The molecular weight excluding hydrogens is 722 g/mol. The van der Waals surface area contributed by atoms with E-state index in [9.17, 15) is 24.9 Å². The molecule has 0 aromatic rings. The fourth-order valence-electron chi connectivity index (χ4n) is 4.44. The number of unbranched alkanes of at least 4 members (excludes halogenated alkanes) is 1. The first-order valence-electron chi connectivity index (χ1n) is 12.2. The number of carbonyl (C=O) groups is 2. The van der Waals surface area contributed by atoms with E-state index in [1.165, 1.54) is 6.92 Å². The van der Waals surface area contributed by atoms with Crippen LogP contribution in [0.25, 0.3) is 0 Å². The van der Waals surface area contributed by atoms with Gasteiger partial charge in [-0.1, -0.05) is 0 Å². The molecule has 0 spiro atoms. The predicted molar refractivity (Wildman–Crippen MR) is 146 cm³/mol. The number of nitrogens with one attached hydrogen (secondary N) is 2. The average molecular weight is 760 g/mol. The van der Waals surface area contributed by atoms with Crippen LogP contribution >= 0.6 is 46.0 Å². The Balaban J connectivity index is 1.64. The molecule has 216 valence electrons. The van der Waals surface area contributed by atoms with E-state index in [-0.39, 0.29) is 36.9 Å². The number of hydrogen-bond donors (Lipinski definition) is 5. The van der Waals surface area contributed by atoms with Crippen LogP contribution in [-0.2, 0) is 34.7 Å². The lowest BCUT2D eigenvalue weighted by Crippen LogP contribution is -2.64. The molecular formula is C22H38I2N2O11. The van der Waals surface area contributed by atoms with Gasteiger partial charge in [0.05, 0.1) is 19.3 Å². The molecule has 0 aromatic heterocycles. The number of hydrogen-bond acceptors (Lipinski definition) is 11. The molecule has 2 aliphatic rings. The summed E-state index contributed by atoms with van der Waals surface area (Å²) in [6.45, 7) is 1.87. The molecule has 0 saturated carbocycles. The third-order valence-corrected chi connectivity index (χ3v) is 7.27. The molecule has 0 aromatic carbocycles. The molecule has 2 saturated heterocycles. The minimum atomic E-state index is -1.36. The van der Waals surface area contributed by atoms with Crippen LogP contribution < -0.4 is 10.6 Å². The number of amides is 2. The first kappa shape index (κ1) is 33.2. The molecule has 37 heavy (non-hydrogen) atoms. The highest BCUT2D eigenvalue weighted by Gasteiger charge is 2.46. The number of aliphatic hydroxyl groups excluding tert-OH is 3. The quantitative estimate of drug-likeness (QED) is 0.105. The smallest absolute Gasteiger partial charge is 0.219 e. The highest BCUT2D eigenvalue weighted by Crippen LogP contribution is 2.30. The molecule has 2 rings (SSSR count). The summed E-state index contributed by atoms with van der Waals surface area (Å²) in [6, 6.07) is -0.983. The summed E-state index contributed by atoms with van der Waals surface area (Å²) in [5, 5.41) is 35.1. The Morgan fingerprint density at radius 2 is 1.76 bits per heavy atom. The molecule has 5 N–H and O–H groups in total. The molecule has 15 heteroatoms. The van der Waals surface area contributed by atoms with Gasteiger partial charge in [-0.15, -0.1) is 0 Å². The van der Waals surface area contributed by atoms with Gasteiger partial charge in [0.15, 0.2) is 6.29 Å². The number of rotatable bonds is 16. The third kappa shape index (κ3) is 10.2. The van der Waals surface area contributed by atoms with Crippen molar-refractivity contribution in [3.05, 3.63) is 0 Å². The molecule has 0 aliphatic carbocycles. The monoisotopic (exact) mass is 760 g/mol. The van der Waals surface area contributed by atoms with Crippen molar-refractivity contribution in [2.45, 2.75) is 94.1 Å². The molecule has 13 nitrogen and oxygen atoms in total. The Bertz CT molecular complexity index is 695. The lowest BCUT2D eigenvalue weighted by Gasteiger charge is -2.42. The Kier molecular flexibility index (Phi) is 15.9. The predicted octanol–water partition coefficient (Wildman–Crippen LogP) is -0.102. The van der Waals surface area contributed by atoms with Crippen molar-refractivity contribution in [1.29, 1.82) is 0 Å². The summed E-state index contributed by atoms with van der Waals surface area (Å²) >= 11 is 3.67. The lowest BCUT2D eigenvalue weighted by atomic mass is 9.97. The van der Waals surface area contributed by atoms with Crippen molar-refractivity contribution >= 4 is 57.8 Å². The van der Waals surface area contributed by atoms with Crippen molar-refractivity contribution < 1.29 is 50.0 Å². The van der Waals surface area contributed by atoms with Gasteiger partial charge in [0.25, 0.3) is 0 Å². The van der Waals surface area contributed by atoms with Gasteiger partial charge in [0.1, 0.15) is 88.7 Å². The van der Waals surface area contributed by atoms with Crippen LogP contribution in [0.1, 0.15) is 39.0 Å². The Morgan fingerprint density at radius 3 is 2.38 bits per heavy atom. The van der Waals surface area contributed by atoms with E-state index in [0.717, 1.165) is 6.42 Å².